The number of hydrogen-bond acceptors (Lipinski definition) is 2. The highest BCUT2D eigenvalue weighted by Gasteiger charge is 2.18. The normalized spacial score (nSPS) is 12.7. The van der Waals surface area contributed by atoms with Crippen molar-refractivity contribution >= 4 is 11.6 Å². The van der Waals surface area contributed by atoms with Gasteiger partial charge in [-0.25, -0.2) is 0 Å². The zero-order valence-electron chi connectivity index (χ0n) is 11.0. The fourth-order valence-electron chi connectivity index (χ4n) is 2.27. The van der Waals surface area contributed by atoms with E-state index in [0.717, 1.165) is 18.7 Å². The van der Waals surface area contributed by atoms with E-state index in [4.69, 9.17) is 11.6 Å². The fraction of sp³-hybridized carbons (Fsp3) is 0.429. The second-order valence-corrected chi connectivity index (χ2v) is 4.88. The molecule has 0 aliphatic carbocycles. The van der Waals surface area contributed by atoms with Crippen LogP contribution < -0.4 is 0 Å². The van der Waals surface area contributed by atoms with E-state index in [1.165, 1.54) is 11.1 Å². The first-order chi connectivity index (χ1) is 8.65. The Kier molecular flexibility index (Phi) is 4.02. The van der Waals surface area contributed by atoms with Crippen LogP contribution in [0, 0.1) is 6.92 Å². The zero-order chi connectivity index (χ0) is 13.1. The molecule has 1 heterocycles. The molecule has 0 radical (unpaired) electrons. The van der Waals surface area contributed by atoms with E-state index in [1.807, 2.05) is 10.6 Å². The van der Waals surface area contributed by atoms with E-state index in [2.05, 4.69) is 49.2 Å². The molecule has 0 aliphatic rings. The molecule has 0 aliphatic heterocycles. The summed E-state index contributed by atoms with van der Waals surface area (Å²) in [5.74, 6) is 0.957. The number of rotatable bonds is 4. The van der Waals surface area contributed by atoms with Gasteiger partial charge in [0, 0.05) is 6.42 Å². The van der Waals surface area contributed by atoms with Crippen LogP contribution in [0.1, 0.15) is 43.3 Å². The van der Waals surface area contributed by atoms with Crippen LogP contribution in [0.3, 0.4) is 0 Å². The molecular formula is C14H18ClN3. The van der Waals surface area contributed by atoms with Crippen molar-refractivity contribution in [2.75, 3.05) is 0 Å². The van der Waals surface area contributed by atoms with Crippen LogP contribution in [0.5, 0.6) is 0 Å². The Balaban J connectivity index is 2.42. The molecule has 96 valence electrons. The first kappa shape index (κ1) is 13.1. The largest absolute Gasteiger partial charge is 0.294 e. The summed E-state index contributed by atoms with van der Waals surface area (Å²) in [4.78, 5) is 0. The summed E-state index contributed by atoms with van der Waals surface area (Å²) >= 11 is 6.17. The number of benzene rings is 1. The van der Waals surface area contributed by atoms with Crippen molar-refractivity contribution in [1.82, 2.24) is 14.8 Å². The maximum absolute atomic E-state index is 6.17. The Morgan fingerprint density at radius 1 is 1.28 bits per heavy atom. The Bertz CT molecular complexity index is 534. The summed E-state index contributed by atoms with van der Waals surface area (Å²) in [7, 11) is 0. The maximum Gasteiger partial charge on any atom is 0.225 e. The zero-order valence-corrected chi connectivity index (χ0v) is 11.8. The van der Waals surface area contributed by atoms with E-state index < -0.39 is 0 Å². The van der Waals surface area contributed by atoms with Gasteiger partial charge in [0.25, 0.3) is 0 Å². The Labute approximate surface area is 113 Å². The molecule has 0 fully saturated rings. The highest BCUT2D eigenvalue weighted by molar-refractivity contribution is 6.28. The molecule has 0 spiro atoms. The Hall–Kier alpha value is -1.35. The van der Waals surface area contributed by atoms with Crippen LogP contribution in [0.25, 0.3) is 0 Å². The molecule has 1 aromatic carbocycles. The van der Waals surface area contributed by atoms with Crippen molar-refractivity contribution in [3.05, 3.63) is 46.5 Å². The van der Waals surface area contributed by atoms with Crippen molar-refractivity contribution in [1.29, 1.82) is 0 Å². The standard InChI is InChI=1S/C14H18ClN3/c1-4-7-13-16-17-14(15)18(13)11(3)12-9-6-5-8-10(12)2/h5-6,8-9,11H,4,7H2,1-3H3. The van der Waals surface area contributed by atoms with Crippen LogP contribution in [-0.2, 0) is 6.42 Å². The molecule has 3 nitrogen and oxygen atoms in total. The Morgan fingerprint density at radius 2 is 2.00 bits per heavy atom. The third kappa shape index (κ3) is 2.41. The number of aryl methyl sites for hydroxylation is 2. The summed E-state index contributed by atoms with van der Waals surface area (Å²) in [5, 5.41) is 8.62. The van der Waals surface area contributed by atoms with E-state index >= 15 is 0 Å². The van der Waals surface area contributed by atoms with Gasteiger partial charge in [0.2, 0.25) is 5.28 Å². The summed E-state index contributed by atoms with van der Waals surface area (Å²) < 4.78 is 2.02. The van der Waals surface area contributed by atoms with Crippen LogP contribution in [0.4, 0.5) is 0 Å². The number of halogens is 1. The monoisotopic (exact) mass is 263 g/mol. The highest BCUT2D eigenvalue weighted by atomic mass is 35.5. The molecule has 0 saturated heterocycles. The van der Waals surface area contributed by atoms with Crippen LogP contribution in [-0.4, -0.2) is 14.8 Å². The van der Waals surface area contributed by atoms with Gasteiger partial charge in [0.15, 0.2) is 0 Å². The molecule has 0 saturated carbocycles. The van der Waals surface area contributed by atoms with Crippen molar-refractivity contribution in [2.45, 2.75) is 39.7 Å². The summed E-state index contributed by atoms with van der Waals surface area (Å²) in [6.07, 6.45) is 1.94. The Morgan fingerprint density at radius 3 is 2.67 bits per heavy atom. The average Bonchev–Trinajstić information content (AvgIpc) is 2.71. The van der Waals surface area contributed by atoms with E-state index in [-0.39, 0.29) is 6.04 Å². The number of hydrogen-bond donors (Lipinski definition) is 0. The lowest BCUT2D eigenvalue weighted by Gasteiger charge is -2.18. The predicted molar refractivity (Wildman–Crippen MR) is 74.0 cm³/mol. The molecule has 4 heteroatoms. The third-order valence-corrected chi connectivity index (χ3v) is 3.48. The van der Waals surface area contributed by atoms with Gasteiger partial charge < -0.3 is 0 Å². The van der Waals surface area contributed by atoms with Gasteiger partial charge >= 0.3 is 0 Å². The molecule has 1 unspecified atom stereocenters. The number of aromatic nitrogens is 3. The molecule has 0 bridgehead atoms. The smallest absolute Gasteiger partial charge is 0.225 e. The second kappa shape index (κ2) is 5.53. The molecule has 0 amide bonds. The first-order valence-corrected chi connectivity index (χ1v) is 6.67. The third-order valence-electron chi connectivity index (χ3n) is 3.22. The van der Waals surface area contributed by atoms with Gasteiger partial charge in [-0.1, -0.05) is 31.2 Å². The van der Waals surface area contributed by atoms with E-state index in [0.29, 0.717) is 5.28 Å². The first-order valence-electron chi connectivity index (χ1n) is 6.30. The van der Waals surface area contributed by atoms with Crippen molar-refractivity contribution in [3.63, 3.8) is 0 Å². The van der Waals surface area contributed by atoms with Crippen molar-refractivity contribution in [3.8, 4) is 0 Å². The minimum absolute atomic E-state index is 0.162. The quantitative estimate of drug-likeness (QED) is 0.840. The summed E-state index contributed by atoms with van der Waals surface area (Å²) in [6, 6.07) is 8.51. The molecule has 0 N–H and O–H groups in total. The highest BCUT2D eigenvalue weighted by Crippen LogP contribution is 2.26. The lowest BCUT2D eigenvalue weighted by Crippen LogP contribution is -2.12. The second-order valence-electron chi connectivity index (χ2n) is 4.54. The number of nitrogens with zero attached hydrogens (tertiary/aromatic N) is 3. The topological polar surface area (TPSA) is 30.7 Å². The van der Waals surface area contributed by atoms with Gasteiger partial charge in [0.05, 0.1) is 6.04 Å². The molecule has 2 aromatic rings. The van der Waals surface area contributed by atoms with Crippen LogP contribution >= 0.6 is 11.6 Å². The minimum atomic E-state index is 0.162. The van der Waals surface area contributed by atoms with E-state index in [9.17, 15) is 0 Å². The summed E-state index contributed by atoms with van der Waals surface area (Å²) in [6.45, 7) is 6.38. The maximum atomic E-state index is 6.17. The molecule has 2 rings (SSSR count). The predicted octanol–water partition coefficient (Wildman–Crippen LogP) is 3.80. The van der Waals surface area contributed by atoms with Gasteiger partial charge in [-0.05, 0) is 43.0 Å². The molecule has 1 aromatic heterocycles. The fourth-order valence-corrected chi connectivity index (χ4v) is 2.56. The average molecular weight is 264 g/mol. The van der Waals surface area contributed by atoms with Crippen LogP contribution in [0.2, 0.25) is 5.28 Å². The van der Waals surface area contributed by atoms with Crippen molar-refractivity contribution < 1.29 is 0 Å². The van der Waals surface area contributed by atoms with Gasteiger partial charge in [0.1, 0.15) is 5.82 Å². The van der Waals surface area contributed by atoms with Gasteiger partial charge in [-0.15, -0.1) is 10.2 Å². The van der Waals surface area contributed by atoms with Gasteiger partial charge in [-0.3, -0.25) is 4.57 Å². The molecule has 18 heavy (non-hydrogen) atoms. The minimum Gasteiger partial charge on any atom is -0.294 e. The summed E-state index contributed by atoms with van der Waals surface area (Å²) in [5.41, 5.74) is 2.52. The van der Waals surface area contributed by atoms with Crippen LogP contribution in [0.15, 0.2) is 24.3 Å². The lowest BCUT2D eigenvalue weighted by molar-refractivity contribution is 0.594. The molecule has 1 atom stereocenters. The van der Waals surface area contributed by atoms with Crippen molar-refractivity contribution in [2.24, 2.45) is 0 Å². The SMILES string of the molecule is CCCc1nnc(Cl)n1C(C)c1ccccc1C. The van der Waals surface area contributed by atoms with E-state index in [1.54, 1.807) is 0 Å². The molecular weight excluding hydrogens is 246 g/mol. The lowest BCUT2D eigenvalue weighted by atomic mass is 10.0. The van der Waals surface area contributed by atoms with Gasteiger partial charge in [-0.2, -0.15) is 0 Å².